The molecule has 1 rings (SSSR count). The average molecular weight is 378 g/mol. The Morgan fingerprint density at radius 2 is 0.750 bits per heavy atom. The second kappa shape index (κ2) is 4.76. The lowest BCUT2D eigenvalue weighted by Crippen LogP contribution is -2.61. The second-order valence-corrected chi connectivity index (χ2v) is 22.0. The lowest BCUT2D eigenvalue weighted by Gasteiger charge is -2.41. The molecule has 0 aromatic heterocycles. The highest BCUT2D eigenvalue weighted by atomic mass is 35.7. The van der Waals surface area contributed by atoms with Crippen molar-refractivity contribution in [1.29, 1.82) is 0 Å². The zero-order valence-electron chi connectivity index (χ0n) is 9.14. The molecule has 0 bridgehead atoms. The maximum absolute atomic E-state index is 6.01. The van der Waals surface area contributed by atoms with Gasteiger partial charge < -0.3 is 16.5 Å². The molecule has 0 saturated carbocycles. The molecule has 0 aliphatic carbocycles. The molecule has 0 unspecified atom stereocenters. The lowest BCUT2D eigenvalue weighted by atomic mass is 11.9. The van der Waals surface area contributed by atoms with E-state index in [0.29, 0.717) is 0 Å². The lowest BCUT2D eigenvalue weighted by molar-refractivity contribution is 0.269. The van der Waals surface area contributed by atoms with Gasteiger partial charge in [-0.1, -0.05) is 44.3 Å². The van der Waals surface area contributed by atoms with Crippen molar-refractivity contribution in [2.75, 3.05) is 0 Å². The fraction of sp³-hybridized carbons (Fsp3) is 1.00. The van der Waals surface area contributed by atoms with E-state index in [1.807, 2.05) is 0 Å². The summed E-state index contributed by atoms with van der Waals surface area (Å²) in [5, 5.41) is 0. The fourth-order valence-corrected chi connectivity index (χ4v) is 25.9. The van der Waals surface area contributed by atoms with Crippen LogP contribution in [0.25, 0.3) is 0 Å². The van der Waals surface area contributed by atoms with Crippen LogP contribution >= 0.6 is 44.3 Å². The number of hydrogen-bond donors (Lipinski definition) is 0. The summed E-state index contributed by atoms with van der Waals surface area (Å²) in [5.74, 6) is 0. The molecule has 0 aromatic rings. The Morgan fingerprint density at radius 1 is 0.562 bits per heavy atom. The van der Waals surface area contributed by atoms with Crippen LogP contribution in [-0.2, 0) is 16.5 Å². The first-order chi connectivity index (χ1) is 6.83. The van der Waals surface area contributed by atoms with Gasteiger partial charge in [0.2, 0.25) is 0 Å². The Labute approximate surface area is 118 Å². The molecule has 0 spiro atoms. The van der Waals surface area contributed by atoms with E-state index in [-0.39, 0.29) is 0 Å². The molecular weight excluding hydrogens is 366 g/mol. The smallest absolute Gasteiger partial charge is 0.392 e. The van der Waals surface area contributed by atoms with Gasteiger partial charge in [0.1, 0.15) is 0 Å². The molecule has 96 valence electrons. The Morgan fingerprint density at radius 3 is 0.938 bits per heavy atom. The quantitative estimate of drug-likeness (QED) is 0.479. The van der Waals surface area contributed by atoms with Crippen LogP contribution in [0.5, 0.6) is 0 Å². The fourth-order valence-electron chi connectivity index (χ4n) is 1.23. The minimum absolute atomic E-state index is 1.73. The van der Waals surface area contributed by atoms with Crippen molar-refractivity contribution in [1.82, 2.24) is 0 Å². The van der Waals surface area contributed by atoms with Crippen LogP contribution in [0, 0.1) is 0 Å². The molecule has 0 radical (unpaired) electrons. The van der Waals surface area contributed by atoms with Gasteiger partial charge in [-0.25, -0.2) is 0 Å². The van der Waals surface area contributed by atoms with Crippen molar-refractivity contribution >= 4 is 75.8 Å². The molecule has 1 aliphatic rings. The minimum Gasteiger partial charge on any atom is -0.392 e. The second-order valence-electron chi connectivity index (χ2n) is 4.13. The summed E-state index contributed by atoms with van der Waals surface area (Å²) in [7, 11) is -11.8. The van der Waals surface area contributed by atoms with Gasteiger partial charge in [0.05, 0.1) is 0 Å². The summed E-state index contributed by atoms with van der Waals surface area (Å²) in [5.41, 5.74) is 0. The highest BCUT2D eigenvalue weighted by Crippen LogP contribution is 2.36. The largest absolute Gasteiger partial charge is 0.533 e. The van der Waals surface area contributed by atoms with Gasteiger partial charge in [0.15, 0.2) is 0 Å². The first-order valence-corrected chi connectivity index (χ1v) is 17.7. The van der Waals surface area contributed by atoms with E-state index >= 15 is 0 Å². The molecule has 0 atom stereocenters. The SMILES string of the molecule is C[Si]1(C)O[Si](Cl)(Cl)O[Si](C)(C)O[Si](Cl)(Cl)O1. The van der Waals surface area contributed by atoms with Crippen molar-refractivity contribution in [3.63, 3.8) is 0 Å². The Balaban J connectivity index is 2.98. The van der Waals surface area contributed by atoms with E-state index in [1.54, 1.807) is 26.2 Å². The van der Waals surface area contributed by atoms with Gasteiger partial charge in [0.25, 0.3) is 0 Å². The van der Waals surface area contributed by atoms with Crippen LogP contribution in [0.15, 0.2) is 0 Å². The summed E-state index contributed by atoms with van der Waals surface area (Å²) < 4.78 is 22.1. The van der Waals surface area contributed by atoms with Gasteiger partial charge in [-0.15, -0.1) is 0 Å². The first kappa shape index (κ1) is 15.9. The first-order valence-electron chi connectivity index (χ1n) is 4.39. The molecule has 1 fully saturated rings. The molecular formula is C4H12Cl4O4Si4. The maximum atomic E-state index is 6.01. The van der Waals surface area contributed by atoms with E-state index in [9.17, 15) is 0 Å². The predicted molar refractivity (Wildman–Crippen MR) is 74.2 cm³/mol. The van der Waals surface area contributed by atoms with E-state index in [1.165, 1.54) is 0 Å². The molecule has 1 saturated heterocycles. The molecule has 1 heterocycles. The Bertz CT molecular complexity index is 213. The van der Waals surface area contributed by atoms with E-state index in [0.717, 1.165) is 0 Å². The highest BCUT2D eigenvalue weighted by Gasteiger charge is 2.57. The highest BCUT2D eigenvalue weighted by molar-refractivity contribution is 7.44. The summed E-state index contributed by atoms with van der Waals surface area (Å²) in [6.07, 6.45) is 0. The van der Waals surface area contributed by atoms with Gasteiger partial charge >= 0.3 is 31.5 Å². The Hall–Kier alpha value is 1.87. The molecule has 0 aromatic carbocycles. The van der Waals surface area contributed by atoms with E-state index in [2.05, 4.69) is 0 Å². The van der Waals surface area contributed by atoms with Gasteiger partial charge in [-0.3, -0.25) is 0 Å². The van der Waals surface area contributed by atoms with Crippen LogP contribution < -0.4 is 0 Å². The molecule has 0 amide bonds. The zero-order chi connectivity index (χ0) is 12.8. The van der Waals surface area contributed by atoms with Crippen LogP contribution in [-0.4, -0.2) is 31.5 Å². The Kier molecular flexibility index (Phi) is 4.74. The molecule has 0 N–H and O–H groups in total. The molecule has 16 heavy (non-hydrogen) atoms. The minimum atomic E-state index is -3.28. The van der Waals surface area contributed by atoms with Crippen molar-refractivity contribution in [3.05, 3.63) is 0 Å². The summed E-state index contributed by atoms with van der Waals surface area (Å²) >= 11 is 24.0. The topological polar surface area (TPSA) is 36.9 Å². The van der Waals surface area contributed by atoms with Crippen LogP contribution in [0.4, 0.5) is 0 Å². The zero-order valence-corrected chi connectivity index (χ0v) is 16.2. The maximum Gasteiger partial charge on any atom is 0.533 e. The summed E-state index contributed by atoms with van der Waals surface area (Å²) in [4.78, 5) is 0. The van der Waals surface area contributed by atoms with Gasteiger partial charge in [-0.2, -0.15) is 0 Å². The van der Waals surface area contributed by atoms with Crippen molar-refractivity contribution < 1.29 is 16.5 Å². The van der Waals surface area contributed by atoms with E-state index in [4.69, 9.17) is 60.8 Å². The number of rotatable bonds is 0. The van der Waals surface area contributed by atoms with Crippen molar-refractivity contribution in [3.8, 4) is 0 Å². The molecule has 12 heteroatoms. The molecule has 1 aliphatic heterocycles. The van der Waals surface area contributed by atoms with E-state index < -0.39 is 31.5 Å². The summed E-state index contributed by atoms with van der Waals surface area (Å²) in [6, 6.07) is 0. The monoisotopic (exact) mass is 376 g/mol. The van der Waals surface area contributed by atoms with Crippen molar-refractivity contribution in [2.24, 2.45) is 0 Å². The molecule has 4 nitrogen and oxygen atoms in total. The standard InChI is InChI=1S/C4H12Cl4O4Si4/c1-13(2)9-15(5,6)11-14(3,4)12-16(7,8)10-13/h1-4H3. The van der Waals surface area contributed by atoms with Crippen LogP contribution in [0.2, 0.25) is 26.2 Å². The number of hydrogen-bond acceptors (Lipinski definition) is 4. The summed E-state index contributed by atoms with van der Waals surface area (Å²) in [6.45, 7) is 6.94. The third-order valence-corrected chi connectivity index (χ3v) is 18.7. The van der Waals surface area contributed by atoms with Crippen LogP contribution in [0.3, 0.4) is 0 Å². The third-order valence-electron chi connectivity index (χ3n) is 1.46. The number of halogens is 4. The average Bonchev–Trinajstić information content (AvgIpc) is 1.67. The van der Waals surface area contributed by atoms with Crippen LogP contribution in [0.1, 0.15) is 0 Å². The normalized spacial score (nSPS) is 31.5. The third kappa shape index (κ3) is 5.24. The predicted octanol–water partition coefficient (Wildman–Crippen LogP) is 3.30. The van der Waals surface area contributed by atoms with Crippen molar-refractivity contribution in [2.45, 2.75) is 26.2 Å². The van der Waals surface area contributed by atoms with Gasteiger partial charge in [0, 0.05) is 0 Å². The van der Waals surface area contributed by atoms with Gasteiger partial charge in [-0.05, 0) is 26.2 Å².